The number of amides is 2. The average molecular weight is 262 g/mol. The Labute approximate surface area is 109 Å². The molecule has 0 aliphatic rings. The molecule has 0 saturated carbocycles. The Morgan fingerprint density at radius 2 is 2.22 bits per heavy atom. The molecule has 6 heteroatoms. The number of nitrogens with two attached hydrogens (primary N) is 1. The molecular weight excluding hydrogens is 248 g/mol. The van der Waals surface area contributed by atoms with E-state index in [0.717, 1.165) is 15.1 Å². The summed E-state index contributed by atoms with van der Waals surface area (Å²) < 4.78 is 1.14. The van der Waals surface area contributed by atoms with Crippen LogP contribution in [0.15, 0.2) is 35.3 Å². The number of carbonyl (C=O) groups is 1. The molecule has 4 N–H and O–H groups in total. The quantitative estimate of drug-likeness (QED) is 0.573. The predicted molar refractivity (Wildman–Crippen MR) is 75.3 cm³/mol. The Kier molecular flexibility index (Phi) is 3.78. The lowest BCUT2D eigenvalue weighted by Gasteiger charge is -2.03. The summed E-state index contributed by atoms with van der Waals surface area (Å²) in [6.07, 6.45) is 0. The minimum atomic E-state index is -0.347. The fourth-order valence-electron chi connectivity index (χ4n) is 1.49. The molecule has 5 nitrogen and oxygen atoms in total. The number of hydrogen-bond acceptors (Lipinski definition) is 3. The number of benzene rings is 1. The molecular formula is C12H14N4OS. The highest BCUT2D eigenvalue weighted by atomic mass is 32.1. The molecule has 2 aromatic rings. The summed E-state index contributed by atoms with van der Waals surface area (Å²) in [5.74, 6) is 0.0903. The summed E-state index contributed by atoms with van der Waals surface area (Å²) in [7, 11) is 0. The molecule has 0 aliphatic heterocycles. The van der Waals surface area contributed by atoms with Crippen molar-refractivity contribution in [2.45, 2.75) is 6.92 Å². The molecule has 0 radical (unpaired) electrons. The lowest BCUT2D eigenvalue weighted by Crippen LogP contribution is -2.43. The first-order chi connectivity index (χ1) is 8.69. The van der Waals surface area contributed by atoms with Crippen LogP contribution in [0.25, 0.3) is 10.1 Å². The van der Waals surface area contributed by atoms with Gasteiger partial charge in [0.2, 0.25) is 5.96 Å². The van der Waals surface area contributed by atoms with Crippen LogP contribution in [0.4, 0.5) is 9.80 Å². The van der Waals surface area contributed by atoms with E-state index in [1.807, 2.05) is 37.3 Å². The highest BCUT2D eigenvalue weighted by Crippen LogP contribution is 2.31. The second-order valence-electron chi connectivity index (χ2n) is 3.60. The number of rotatable bonds is 2. The molecule has 1 aromatic heterocycles. The van der Waals surface area contributed by atoms with Gasteiger partial charge in [0.1, 0.15) is 5.00 Å². The van der Waals surface area contributed by atoms with E-state index in [1.165, 1.54) is 11.3 Å². The summed E-state index contributed by atoms with van der Waals surface area (Å²) in [5, 5.41) is 6.93. The van der Waals surface area contributed by atoms with Crippen LogP contribution in [0.1, 0.15) is 6.92 Å². The second-order valence-corrected chi connectivity index (χ2v) is 4.67. The van der Waals surface area contributed by atoms with Gasteiger partial charge in [-0.25, -0.2) is 9.79 Å². The van der Waals surface area contributed by atoms with Crippen LogP contribution in [-0.4, -0.2) is 18.5 Å². The first-order valence-electron chi connectivity index (χ1n) is 5.56. The Morgan fingerprint density at radius 3 is 2.94 bits per heavy atom. The summed E-state index contributed by atoms with van der Waals surface area (Å²) in [5.41, 5.74) is 5.64. The molecule has 18 heavy (non-hydrogen) atoms. The number of hydrogen-bond donors (Lipinski definition) is 3. The van der Waals surface area contributed by atoms with Gasteiger partial charge in [-0.2, -0.15) is 0 Å². The van der Waals surface area contributed by atoms with Crippen LogP contribution in [0.3, 0.4) is 0 Å². The van der Waals surface area contributed by atoms with Gasteiger partial charge in [-0.15, -0.1) is 11.3 Å². The van der Waals surface area contributed by atoms with Gasteiger partial charge in [0.25, 0.3) is 0 Å². The van der Waals surface area contributed by atoms with E-state index in [-0.39, 0.29) is 12.0 Å². The van der Waals surface area contributed by atoms with Gasteiger partial charge in [-0.3, -0.25) is 5.32 Å². The van der Waals surface area contributed by atoms with E-state index in [4.69, 9.17) is 5.73 Å². The van der Waals surface area contributed by atoms with Gasteiger partial charge < -0.3 is 11.1 Å². The first-order valence-corrected chi connectivity index (χ1v) is 6.38. The lowest BCUT2D eigenvalue weighted by molar-refractivity contribution is 0.245. The molecule has 0 saturated heterocycles. The number of nitrogens with one attached hydrogen (secondary N) is 2. The normalized spacial score (nSPS) is 11.5. The highest BCUT2D eigenvalue weighted by Gasteiger charge is 2.03. The third-order valence-electron chi connectivity index (χ3n) is 2.22. The number of carbonyl (C=O) groups excluding carboxylic acids is 1. The van der Waals surface area contributed by atoms with Crippen molar-refractivity contribution in [2.75, 3.05) is 6.54 Å². The van der Waals surface area contributed by atoms with Crippen LogP contribution >= 0.6 is 11.3 Å². The average Bonchev–Trinajstić information content (AvgIpc) is 2.70. The fraction of sp³-hybridized carbons (Fsp3) is 0.167. The van der Waals surface area contributed by atoms with Crippen molar-refractivity contribution in [3.63, 3.8) is 0 Å². The van der Waals surface area contributed by atoms with Crippen LogP contribution in [0.2, 0.25) is 0 Å². The van der Waals surface area contributed by atoms with Crippen LogP contribution in [0, 0.1) is 0 Å². The molecule has 1 heterocycles. The van der Waals surface area contributed by atoms with Gasteiger partial charge in [-0.1, -0.05) is 18.2 Å². The Morgan fingerprint density at radius 1 is 1.44 bits per heavy atom. The molecule has 2 rings (SSSR count). The van der Waals surface area contributed by atoms with E-state index < -0.39 is 0 Å². The minimum Gasteiger partial charge on any atom is -0.369 e. The number of guanidine groups is 1. The van der Waals surface area contributed by atoms with E-state index in [9.17, 15) is 4.79 Å². The third-order valence-corrected chi connectivity index (χ3v) is 3.23. The standard InChI is InChI=1S/C12H14N4OS/c1-2-14-12(17)16-11(13)15-10-7-8-5-3-4-6-9(8)18-10/h3-7H,2H2,1H3,(H4,13,14,15,16,17). The Hall–Kier alpha value is -2.08. The smallest absolute Gasteiger partial charge is 0.321 e. The zero-order valence-corrected chi connectivity index (χ0v) is 10.8. The number of nitrogens with zero attached hydrogens (tertiary/aromatic N) is 1. The van der Waals surface area contributed by atoms with Gasteiger partial charge in [0.15, 0.2) is 0 Å². The molecule has 0 bridgehead atoms. The molecule has 0 atom stereocenters. The minimum absolute atomic E-state index is 0.0903. The summed E-state index contributed by atoms with van der Waals surface area (Å²) in [6.45, 7) is 2.38. The van der Waals surface area contributed by atoms with Crippen molar-refractivity contribution < 1.29 is 4.79 Å². The van der Waals surface area contributed by atoms with E-state index in [2.05, 4.69) is 15.6 Å². The maximum Gasteiger partial charge on any atom is 0.321 e. The van der Waals surface area contributed by atoms with Gasteiger partial charge in [-0.05, 0) is 24.4 Å². The summed E-state index contributed by atoms with van der Waals surface area (Å²) >= 11 is 1.53. The Balaban J connectivity index is 2.14. The van der Waals surface area contributed by atoms with Crippen LogP contribution in [0.5, 0.6) is 0 Å². The Bertz CT molecular complexity index is 558. The number of thiophene rings is 1. The van der Waals surface area contributed by atoms with E-state index in [1.54, 1.807) is 0 Å². The molecule has 0 unspecified atom stereocenters. The van der Waals surface area contributed by atoms with Crippen LogP contribution < -0.4 is 16.4 Å². The first kappa shape index (κ1) is 12.4. The SMILES string of the molecule is CCNC(=O)NC(N)=Nc1cc2ccccc2s1. The van der Waals surface area contributed by atoms with E-state index >= 15 is 0 Å². The predicted octanol–water partition coefficient (Wildman–Crippen LogP) is 2.17. The van der Waals surface area contributed by atoms with Crippen LogP contribution in [-0.2, 0) is 0 Å². The van der Waals surface area contributed by atoms with Crippen molar-refractivity contribution in [1.29, 1.82) is 0 Å². The molecule has 1 aromatic carbocycles. The lowest BCUT2D eigenvalue weighted by atomic mass is 10.3. The maximum atomic E-state index is 11.2. The zero-order valence-electron chi connectivity index (χ0n) is 9.93. The number of fused-ring (bicyclic) bond motifs is 1. The second kappa shape index (κ2) is 5.50. The largest absolute Gasteiger partial charge is 0.369 e. The zero-order chi connectivity index (χ0) is 13.0. The molecule has 0 aliphatic carbocycles. The topological polar surface area (TPSA) is 79.5 Å². The van der Waals surface area contributed by atoms with Gasteiger partial charge >= 0.3 is 6.03 Å². The molecule has 94 valence electrons. The number of urea groups is 1. The maximum absolute atomic E-state index is 11.2. The number of aliphatic imine (C=N–C) groups is 1. The van der Waals surface area contributed by atoms with Crippen molar-refractivity contribution in [3.05, 3.63) is 30.3 Å². The third kappa shape index (κ3) is 2.98. The molecule has 0 fully saturated rings. The van der Waals surface area contributed by atoms with Crippen molar-refractivity contribution in [3.8, 4) is 0 Å². The van der Waals surface area contributed by atoms with E-state index in [0.29, 0.717) is 6.54 Å². The van der Waals surface area contributed by atoms with Crippen molar-refractivity contribution in [2.24, 2.45) is 10.7 Å². The monoisotopic (exact) mass is 262 g/mol. The highest BCUT2D eigenvalue weighted by molar-refractivity contribution is 7.22. The molecule has 0 spiro atoms. The van der Waals surface area contributed by atoms with Crippen molar-refractivity contribution >= 4 is 38.4 Å². The van der Waals surface area contributed by atoms with Crippen molar-refractivity contribution in [1.82, 2.24) is 10.6 Å². The summed E-state index contributed by atoms with van der Waals surface area (Å²) in [4.78, 5) is 15.4. The van der Waals surface area contributed by atoms with Gasteiger partial charge in [0.05, 0.1) is 0 Å². The fourth-order valence-corrected chi connectivity index (χ4v) is 2.44. The summed E-state index contributed by atoms with van der Waals surface area (Å²) in [6, 6.07) is 9.57. The molecule has 2 amide bonds. The van der Waals surface area contributed by atoms with Gasteiger partial charge in [0, 0.05) is 11.2 Å².